The van der Waals surface area contributed by atoms with Gasteiger partial charge in [0.1, 0.15) is 18.1 Å². The fourth-order valence-corrected chi connectivity index (χ4v) is 3.32. The summed E-state index contributed by atoms with van der Waals surface area (Å²) in [7, 11) is 3.42. The molecule has 0 fully saturated rings. The predicted octanol–water partition coefficient (Wildman–Crippen LogP) is 4.23. The third-order valence-electron chi connectivity index (χ3n) is 4.79. The first kappa shape index (κ1) is 22.3. The monoisotopic (exact) mass is 438 g/mol. The minimum absolute atomic E-state index is 0.0239. The van der Waals surface area contributed by atoms with E-state index in [-0.39, 0.29) is 5.91 Å². The Kier molecular flexibility index (Phi) is 7.61. The molecule has 3 rings (SSSR count). The molecule has 0 bridgehead atoms. The summed E-state index contributed by atoms with van der Waals surface area (Å²) in [6.07, 6.45) is 2.01. The second-order valence-electron chi connectivity index (χ2n) is 6.98. The Labute approximate surface area is 186 Å². The van der Waals surface area contributed by atoms with Crippen LogP contribution in [0, 0.1) is 4.77 Å². The smallest absolute Gasteiger partial charge is 0.224 e. The van der Waals surface area contributed by atoms with E-state index in [1.54, 1.807) is 25.1 Å². The number of ether oxygens (including phenoxy) is 2. The number of nitrogens with zero attached hydrogens (tertiary/aromatic N) is 3. The molecule has 3 aromatic rings. The normalized spacial score (nSPS) is 10.5. The van der Waals surface area contributed by atoms with Crippen LogP contribution in [-0.4, -0.2) is 46.3 Å². The van der Waals surface area contributed by atoms with Gasteiger partial charge in [-0.15, -0.1) is 0 Å². The van der Waals surface area contributed by atoms with Crippen LogP contribution >= 0.6 is 12.2 Å². The van der Waals surface area contributed by atoms with Crippen molar-refractivity contribution in [3.8, 4) is 22.9 Å². The molecular formula is C23H26N4O3S. The molecule has 0 saturated carbocycles. The highest BCUT2D eigenvalue weighted by Crippen LogP contribution is 2.21. The van der Waals surface area contributed by atoms with Gasteiger partial charge in [0.2, 0.25) is 5.91 Å². The van der Waals surface area contributed by atoms with Gasteiger partial charge in [0.25, 0.3) is 0 Å². The number of benzene rings is 2. The van der Waals surface area contributed by atoms with Crippen molar-refractivity contribution in [3.05, 3.63) is 71.5 Å². The zero-order chi connectivity index (χ0) is 22.2. The number of rotatable bonds is 10. The number of methoxy groups -OCH3 is 1. The molecule has 2 aromatic carbocycles. The van der Waals surface area contributed by atoms with Crippen molar-refractivity contribution in [1.82, 2.24) is 19.7 Å². The molecule has 0 unspecified atom stereocenters. The number of amides is 1. The highest BCUT2D eigenvalue weighted by molar-refractivity contribution is 7.71. The molecule has 0 radical (unpaired) electrons. The number of carbonyl (C=O) groups excluding carboxylic acids is 1. The fraction of sp³-hybridized carbons (Fsp3) is 0.261. The molecule has 0 aliphatic carbocycles. The van der Waals surface area contributed by atoms with Crippen molar-refractivity contribution in [2.75, 3.05) is 20.8 Å². The summed E-state index contributed by atoms with van der Waals surface area (Å²) < 4.78 is 13.0. The molecule has 0 spiro atoms. The average Bonchev–Trinajstić information content (AvgIpc) is 3.17. The molecule has 1 N–H and O–H groups in total. The largest absolute Gasteiger partial charge is 0.497 e. The van der Waals surface area contributed by atoms with Gasteiger partial charge in [0.05, 0.1) is 7.11 Å². The number of aromatic nitrogens is 3. The van der Waals surface area contributed by atoms with E-state index in [0.717, 1.165) is 22.6 Å². The van der Waals surface area contributed by atoms with Gasteiger partial charge in [0.15, 0.2) is 10.6 Å². The van der Waals surface area contributed by atoms with E-state index in [1.807, 2.05) is 53.1 Å². The number of hydrogen-bond donors (Lipinski definition) is 1. The first-order chi connectivity index (χ1) is 15.0. The lowest BCUT2D eigenvalue weighted by molar-refractivity contribution is -0.130. The third-order valence-corrected chi connectivity index (χ3v) is 5.10. The van der Waals surface area contributed by atoms with Crippen LogP contribution in [0.3, 0.4) is 0 Å². The number of aromatic amines is 1. The number of carbonyl (C=O) groups is 1. The van der Waals surface area contributed by atoms with Gasteiger partial charge in [0, 0.05) is 32.1 Å². The number of H-pyrrole nitrogens is 1. The maximum absolute atomic E-state index is 12.7. The van der Waals surface area contributed by atoms with Crippen LogP contribution in [0.25, 0.3) is 11.4 Å². The van der Waals surface area contributed by atoms with Gasteiger partial charge in [-0.1, -0.05) is 24.8 Å². The summed E-state index contributed by atoms with van der Waals surface area (Å²) >= 11 is 5.36. The van der Waals surface area contributed by atoms with Gasteiger partial charge < -0.3 is 14.4 Å². The second-order valence-corrected chi connectivity index (χ2v) is 7.36. The van der Waals surface area contributed by atoms with Crippen molar-refractivity contribution in [2.45, 2.75) is 19.5 Å². The topological polar surface area (TPSA) is 72.4 Å². The van der Waals surface area contributed by atoms with Gasteiger partial charge in [-0.25, -0.2) is 0 Å². The van der Waals surface area contributed by atoms with Crippen LogP contribution in [0.15, 0.2) is 61.2 Å². The minimum atomic E-state index is 0.0239. The molecule has 1 heterocycles. The van der Waals surface area contributed by atoms with Crippen molar-refractivity contribution in [1.29, 1.82) is 0 Å². The van der Waals surface area contributed by atoms with Crippen molar-refractivity contribution in [2.24, 2.45) is 0 Å². The van der Waals surface area contributed by atoms with E-state index in [0.29, 0.717) is 36.7 Å². The second kappa shape index (κ2) is 10.6. The van der Waals surface area contributed by atoms with E-state index >= 15 is 0 Å². The lowest BCUT2D eigenvalue weighted by atomic mass is 10.2. The van der Waals surface area contributed by atoms with Crippen LogP contribution in [0.4, 0.5) is 0 Å². The summed E-state index contributed by atoms with van der Waals surface area (Å²) in [5.41, 5.74) is 1.92. The van der Waals surface area contributed by atoms with Gasteiger partial charge >= 0.3 is 0 Å². The molecule has 1 aromatic heterocycles. The molecule has 31 heavy (non-hydrogen) atoms. The third kappa shape index (κ3) is 5.82. The summed E-state index contributed by atoms with van der Waals surface area (Å²) in [4.78, 5) is 14.4. The highest BCUT2D eigenvalue weighted by atomic mass is 32.1. The molecular weight excluding hydrogens is 412 g/mol. The number of nitrogens with one attached hydrogen (secondary N) is 1. The van der Waals surface area contributed by atoms with Gasteiger partial charge in [-0.2, -0.15) is 5.10 Å². The van der Waals surface area contributed by atoms with Gasteiger partial charge in [-0.3, -0.25) is 14.5 Å². The van der Waals surface area contributed by atoms with Crippen molar-refractivity contribution >= 4 is 18.1 Å². The quantitative estimate of drug-likeness (QED) is 0.379. The first-order valence-electron chi connectivity index (χ1n) is 9.88. The maximum Gasteiger partial charge on any atom is 0.224 e. The molecule has 0 saturated heterocycles. The fourth-order valence-electron chi connectivity index (χ4n) is 3.09. The Bertz CT molecular complexity index is 1070. The Hall–Kier alpha value is -3.39. The predicted molar refractivity (Wildman–Crippen MR) is 123 cm³/mol. The SMILES string of the molecule is C=CCOc1ccc(CN(C)C(=O)CCn2c(-c3ccc(OC)cc3)n[nH]c2=S)cc1. The van der Waals surface area contributed by atoms with Crippen LogP contribution in [0.1, 0.15) is 12.0 Å². The van der Waals surface area contributed by atoms with E-state index in [4.69, 9.17) is 21.7 Å². The lowest BCUT2D eigenvalue weighted by Crippen LogP contribution is -2.27. The van der Waals surface area contributed by atoms with E-state index in [1.165, 1.54) is 0 Å². The zero-order valence-electron chi connectivity index (χ0n) is 17.7. The summed E-state index contributed by atoms with van der Waals surface area (Å²) in [6.45, 7) is 5.05. The van der Waals surface area contributed by atoms with Crippen LogP contribution in [0.5, 0.6) is 11.5 Å². The molecule has 8 heteroatoms. The standard InChI is InChI=1S/C23H26N4O3S/c1-4-15-30-20-9-5-17(6-10-20)16-26(2)21(28)13-14-27-22(24-25-23(27)31)18-7-11-19(29-3)12-8-18/h4-12H,1,13-16H2,2-3H3,(H,25,31). The number of hydrogen-bond acceptors (Lipinski definition) is 5. The van der Waals surface area contributed by atoms with Gasteiger partial charge in [-0.05, 0) is 54.2 Å². The average molecular weight is 439 g/mol. The lowest BCUT2D eigenvalue weighted by Gasteiger charge is -2.18. The van der Waals surface area contributed by atoms with Crippen LogP contribution < -0.4 is 9.47 Å². The van der Waals surface area contributed by atoms with Crippen LogP contribution in [0.2, 0.25) is 0 Å². The Morgan fingerprint density at radius 3 is 2.52 bits per heavy atom. The van der Waals surface area contributed by atoms with Crippen LogP contribution in [-0.2, 0) is 17.9 Å². The zero-order valence-corrected chi connectivity index (χ0v) is 18.5. The minimum Gasteiger partial charge on any atom is -0.497 e. The maximum atomic E-state index is 12.7. The van der Waals surface area contributed by atoms with E-state index < -0.39 is 0 Å². The molecule has 0 aliphatic rings. The van der Waals surface area contributed by atoms with E-state index in [9.17, 15) is 4.79 Å². The molecule has 162 valence electrons. The summed E-state index contributed by atoms with van der Waals surface area (Å²) in [6, 6.07) is 15.2. The highest BCUT2D eigenvalue weighted by Gasteiger charge is 2.14. The molecule has 0 atom stereocenters. The van der Waals surface area contributed by atoms with Crippen molar-refractivity contribution in [3.63, 3.8) is 0 Å². The molecule has 0 aliphatic heterocycles. The summed E-state index contributed by atoms with van der Waals surface area (Å²) in [5.74, 6) is 2.26. The Balaban J connectivity index is 1.60. The van der Waals surface area contributed by atoms with Crippen molar-refractivity contribution < 1.29 is 14.3 Å². The summed E-state index contributed by atoms with van der Waals surface area (Å²) in [5, 5.41) is 7.14. The Morgan fingerprint density at radius 1 is 1.19 bits per heavy atom. The molecule has 1 amide bonds. The molecule has 7 nitrogen and oxygen atoms in total. The Morgan fingerprint density at radius 2 is 1.87 bits per heavy atom. The van der Waals surface area contributed by atoms with E-state index in [2.05, 4.69) is 16.8 Å². The first-order valence-corrected chi connectivity index (χ1v) is 10.3.